The second-order valence-corrected chi connectivity index (χ2v) is 8.42. The number of amides is 1. The minimum Gasteiger partial charge on any atom is -0.493 e. The molecule has 1 aromatic heterocycles. The molecule has 9 nitrogen and oxygen atoms in total. The van der Waals surface area contributed by atoms with E-state index in [0.29, 0.717) is 27.6 Å². The third-order valence-corrected chi connectivity index (χ3v) is 6.03. The van der Waals surface area contributed by atoms with Crippen molar-refractivity contribution in [2.75, 3.05) is 24.9 Å². The van der Waals surface area contributed by atoms with Crippen molar-refractivity contribution < 1.29 is 14.3 Å². The number of methoxy groups -OCH3 is 2. The van der Waals surface area contributed by atoms with Crippen LogP contribution in [0.3, 0.4) is 0 Å². The second kappa shape index (κ2) is 8.62. The highest BCUT2D eigenvalue weighted by Gasteiger charge is 2.40. The molecular weight excluding hydrogens is 476 g/mol. The zero-order chi connectivity index (χ0) is 23.0. The monoisotopic (exact) mass is 498 g/mol. The van der Waals surface area contributed by atoms with Gasteiger partial charge in [-0.15, -0.1) is 0 Å². The van der Waals surface area contributed by atoms with Crippen LogP contribution >= 0.6 is 15.9 Å². The van der Waals surface area contributed by atoms with E-state index in [-0.39, 0.29) is 5.91 Å². The number of fused-ring (bicyclic) bond motifs is 1. The molecule has 0 spiro atoms. The molecule has 32 heavy (non-hydrogen) atoms. The van der Waals surface area contributed by atoms with Gasteiger partial charge in [0.2, 0.25) is 11.9 Å². The Morgan fingerprint density at radius 2 is 2.00 bits per heavy atom. The Hall–Kier alpha value is -3.40. The molecular formula is C22H23BrN6O3. The summed E-state index contributed by atoms with van der Waals surface area (Å²) in [6.45, 7) is 8.07. The first-order chi connectivity index (χ1) is 15.3. The van der Waals surface area contributed by atoms with Crippen LogP contribution in [0.4, 0.5) is 11.6 Å². The number of rotatable bonds is 5. The van der Waals surface area contributed by atoms with E-state index in [1.807, 2.05) is 44.2 Å². The molecule has 1 aliphatic rings. The summed E-state index contributed by atoms with van der Waals surface area (Å²) in [6.07, 6.45) is 0. The highest BCUT2D eigenvalue weighted by Crippen LogP contribution is 2.43. The molecule has 0 bridgehead atoms. The molecule has 0 radical (unpaired) electrons. The SMILES string of the molecule is C=C1Nc2nnnn2C(c2cc(Br)c(OC)c(OC)c2)C1C(=O)Nc1ccc(C)cc1C. The molecule has 0 aliphatic carbocycles. The van der Waals surface area contributed by atoms with Crippen LogP contribution in [-0.2, 0) is 4.79 Å². The number of ether oxygens (including phenoxy) is 2. The van der Waals surface area contributed by atoms with Crippen molar-refractivity contribution in [1.82, 2.24) is 20.2 Å². The van der Waals surface area contributed by atoms with E-state index in [0.717, 1.165) is 22.4 Å². The van der Waals surface area contributed by atoms with Gasteiger partial charge < -0.3 is 20.1 Å². The summed E-state index contributed by atoms with van der Waals surface area (Å²) in [4.78, 5) is 13.5. The maximum atomic E-state index is 13.5. The van der Waals surface area contributed by atoms with Crippen LogP contribution in [0.5, 0.6) is 11.5 Å². The average molecular weight is 499 g/mol. The Bertz CT molecular complexity index is 1210. The summed E-state index contributed by atoms with van der Waals surface area (Å²) in [5.74, 6) is 0.547. The van der Waals surface area contributed by atoms with Crippen molar-refractivity contribution in [2.45, 2.75) is 19.9 Å². The zero-order valence-corrected chi connectivity index (χ0v) is 19.7. The van der Waals surface area contributed by atoms with Crippen LogP contribution in [0.15, 0.2) is 47.1 Å². The lowest BCUT2D eigenvalue weighted by Crippen LogP contribution is -2.39. The van der Waals surface area contributed by atoms with E-state index in [9.17, 15) is 4.79 Å². The van der Waals surface area contributed by atoms with Crippen molar-refractivity contribution in [3.63, 3.8) is 0 Å². The number of aromatic nitrogens is 4. The predicted octanol–water partition coefficient (Wildman–Crippen LogP) is 3.85. The van der Waals surface area contributed by atoms with Crippen LogP contribution in [0.1, 0.15) is 22.7 Å². The van der Waals surface area contributed by atoms with Crippen LogP contribution in [0.2, 0.25) is 0 Å². The van der Waals surface area contributed by atoms with E-state index < -0.39 is 12.0 Å². The molecule has 2 heterocycles. The highest BCUT2D eigenvalue weighted by atomic mass is 79.9. The Morgan fingerprint density at radius 3 is 2.69 bits per heavy atom. The van der Waals surface area contributed by atoms with E-state index in [1.54, 1.807) is 18.9 Å². The van der Waals surface area contributed by atoms with Gasteiger partial charge in [-0.1, -0.05) is 29.4 Å². The molecule has 10 heteroatoms. The highest BCUT2D eigenvalue weighted by molar-refractivity contribution is 9.10. The van der Waals surface area contributed by atoms with Crippen LogP contribution in [0, 0.1) is 19.8 Å². The Morgan fingerprint density at radius 1 is 1.22 bits per heavy atom. The molecule has 1 amide bonds. The number of nitrogens with zero attached hydrogens (tertiary/aromatic N) is 4. The van der Waals surface area contributed by atoms with Gasteiger partial charge in [0.1, 0.15) is 5.92 Å². The molecule has 166 valence electrons. The number of hydrogen-bond donors (Lipinski definition) is 2. The van der Waals surface area contributed by atoms with Gasteiger partial charge in [-0.05, 0) is 69.5 Å². The summed E-state index contributed by atoms with van der Waals surface area (Å²) in [5, 5.41) is 18.0. The fourth-order valence-electron chi connectivity index (χ4n) is 3.92. The number of benzene rings is 2. The maximum Gasteiger partial charge on any atom is 0.247 e. The fraction of sp³-hybridized carbons (Fsp3) is 0.273. The molecule has 0 fully saturated rings. The van der Waals surface area contributed by atoms with Gasteiger partial charge in [0.25, 0.3) is 0 Å². The Kier molecular flexibility index (Phi) is 5.88. The van der Waals surface area contributed by atoms with Crippen LogP contribution in [0.25, 0.3) is 0 Å². The summed E-state index contributed by atoms with van der Waals surface area (Å²) in [6, 6.07) is 9.00. The normalized spacial score (nSPS) is 17.3. The molecule has 3 aromatic rings. The standard InChI is InChI=1S/C22H23BrN6O3/c1-11-6-7-16(12(2)8-11)25-21(30)18-13(3)24-22-26-27-28-29(22)19(18)14-9-15(23)20(32-5)17(10-14)31-4/h6-10,18-19H,3H2,1-2,4-5H3,(H,25,30)(H,24,26,28). The van der Waals surface area contributed by atoms with Crippen molar-refractivity contribution in [2.24, 2.45) is 5.92 Å². The molecule has 2 aromatic carbocycles. The van der Waals surface area contributed by atoms with Crippen molar-refractivity contribution in [3.8, 4) is 11.5 Å². The predicted molar refractivity (Wildman–Crippen MR) is 124 cm³/mol. The average Bonchev–Trinajstić information content (AvgIpc) is 3.21. The lowest BCUT2D eigenvalue weighted by atomic mass is 9.88. The smallest absolute Gasteiger partial charge is 0.247 e. The molecule has 2 unspecified atom stereocenters. The van der Waals surface area contributed by atoms with Crippen LogP contribution < -0.4 is 20.1 Å². The summed E-state index contributed by atoms with van der Waals surface area (Å²) in [5.41, 5.74) is 4.08. The molecule has 1 aliphatic heterocycles. The maximum absolute atomic E-state index is 13.5. The minimum absolute atomic E-state index is 0.230. The summed E-state index contributed by atoms with van der Waals surface area (Å²) >= 11 is 3.53. The van der Waals surface area contributed by atoms with E-state index in [2.05, 4.69) is 48.7 Å². The first kappa shape index (κ1) is 21.8. The van der Waals surface area contributed by atoms with E-state index in [4.69, 9.17) is 9.47 Å². The number of anilines is 2. The van der Waals surface area contributed by atoms with Gasteiger partial charge >= 0.3 is 0 Å². The van der Waals surface area contributed by atoms with Crippen molar-refractivity contribution in [3.05, 3.63) is 63.8 Å². The van der Waals surface area contributed by atoms with E-state index in [1.165, 1.54) is 0 Å². The van der Waals surface area contributed by atoms with Crippen LogP contribution in [-0.4, -0.2) is 40.3 Å². The molecule has 2 N–H and O–H groups in total. The lowest BCUT2D eigenvalue weighted by Gasteiger charge is -2.33. The first-order valence-electron chi connectivity index (χ1n) is 9.87. The van der Waals surface area contributed by atoms with E-state index >= 15 is 0 Å². The quantitative estimate of drug-likeness (QED) is 0.550. The van der Waals surface area contributed by atoms with Gasteiger partial charge in [0.15, 0.2) is 11.5 Å². The lowest BCUT2D eigenvalue weighted by molar-refractivity contribution is -0.119. The topological polar surface area (TPSA) is 103 Å². The van der Waals surface area contributed by atoms with Crippen molar-refractivity contribution >= 4 is 33.5 Å². The number of halogens is 1. The molecule has 4 rings (SSSR count). The number of tetrazole rings is 1. The number of aryl methyl sites for hydroxylation is 2. The number of hydrogen-bond acceptors (Lipinski definition) is 7. The number of carbonyl (C=O) groups excluding carboxylic acids is 1. The zero-order valence-electron chi connectivity index (χ0n) is 18.1. The first-order valence-corrected chi connectivity index (χ1v) is 10.7. The molecule has 0 saturated carbocycles. The molecule has 2 atom stereocenters. The second-order valence-electron chi connectivity index (χ2n) is 7.57. The van der Waals surface area contributed by atoms with Gasteiger partial charge in [-0.25, -0.2) is 4.68 Å². The van der Waals surface area contributed by atoms with Gasteiger partial charge in [0.05, 0.1) is 24.7 Å². The Labute approximate surface area is 193 Å². The minimum atomic E-state index is -0.697. The number of nitrogens with one attached hydrogen (secondary N) is 2. The van der Waals surface area contributed by atoms with Gasteiger partial charge in [-0.3, -0.25) is 4.79 Å². The Balaban J connectivity index is 1.80. The third kappa shape index (κ3) is 3.81. The van der Waals surface area contributed by atoms with Gasteiger partial charge in [0, 0.05) is 11.4 Å². The summed E-state index contributed by atoms with van der Waals surface area (Å²) in [7, 11) is 3.12. The largest absolute Gasteiger partial charge is 0.493 e. The molecule has 0 saturated heterocycles. The summed E-state index contributed by atoms with van der Waals surface area (Å²) < 4.78 is 13.2. The number of carbonyl (C=O) groups is 1. The van der Waals surface area contributed by atoms with Crippen molar-refractivity contribution in [1.29, 1.82) is 0 Å². The van der Waals surface area contributed by atoms with Gasteiger partial charge in [-0.2, -0.15) is 0 Å². The fourth-order valence-corrected chi connectivity index (χ4v) is 4.55. The third-order valence-electron chi connectivity index (χ3n) is 5.44.